The van der Waals surface area contributed by atoms with Crippen molar-refractivity contribution in [1.29, 1.82) is 0 Å². The standard InChI is InChI=1S/C10H12N2O2/c1-3-14-10(13)6-4-5-9-7-11-8(2)12-9/h7H,3,6H2,1-2H3,(H,11,12). The molecule has 0 bridgehead atoms. The second-order valence-electron chi connectivity index (χ2n) is 2.67. The molecule has 0 atom stereocenters. The van der Waals surface area contributed by atoms with E-state index in [0.717, 1.165) is 5.82 Å². The molecule has 1 aromatic rings. The van der Waals surface area contributed by atoms with Gasteiger partial charge in [-0.2, -0.15) is 0 Å². The van der Waals surface area contributed by atoms with Gasteiger partial charge in [0.05, 0.1) is 12.8 Å². The van der Waals surface area contributed by atoms with Crippen molar-refractivity contribution in [3.8, 4) is 11.8 Å². The van der Waals surface area contributed by atoms with E-state index in [0.29, 0.717) is 12.3 Å². The van der Waals surface area contributed by atoms with Gasteiger partial charge in [0, 0.05) is 0 Å². The van der Waals surface area contributed by atoms with Crippen molar-refractivity contribution in [2.24, 2.45) is 0 Å². The molecule has 4 nitrogen and oxygen atoms in total. The molecule has 0 saturated carbocycles. The molecular formula is C10H12N2O2. The Morgan fingerprint density at radius 1 is 1.71 bits per heavy atom. The fourth-order valence-corrected chi connectivity index (χ4v) is 0.908. The lowest BCUT2D eigenvalue weighted by Gasteiger charge is -1.94. The van der Waals surface area contributed by atoms with Crippen LogP contribution >= 0.6 is 0 Å². The number of H-pyrrole nitrogens is 1. The highest BCUT2D eigenvalue weighted by Gasteiger charge is 1.96. The lowest BCUT2D eigenvalue weighted by Crippen LogP contribution is -2.01. The second-order valence-corrected chi connectivity index (χ2v) is 2.67. The maximum absolute atomic E-state index is 10.9. The van der Waals surface area contributed by atoms with Gasteiger partial charge in [-0.3, -0.25) is 4.79 Å². The number of nitrogens with one attached hydrogen (secondary N) is 1. The molecule has 0 spiro atoms. The van der Waals surface area contributed by atoms with Crippen LogP contribution < -0.4 is 0 Å². The van der Waals surface area contributed by atoms with Gasteiger partial charge >= 0.3 is 5.97 Å². The number of rotatable bonds is 2. The van der Waals surface area contributed by atoms with Crippen molar-refractivity contribution in [2.45, 2.75) is 20.3 Å². The van der Waals surface area contributed by atoms with Crippen LogP contribution in [0.1, 0.15) is 24.9 Å². The number of aromatic nitrogens is 2. The van der Waals surface area contributed by atoms with Crippen molar-refractivity contribution in [3.63, 3.8) is 0 Å². The summed E-state index contributed by atoms with van der Waals surface area (Å²) in [4.78, 5) is 17.8. The summed E-state index contributed by atoms with van der Waals surface area (Å²) in [6.07, 6.45) is 1.75. The SMILES string of the molecule is CCOC(=O)CC#Cc1cnc(C)[nH]1. The molecule has 0 amide bonds. The molecule has 1 N–H and O–H groups in total. The highest BCUT2D eigenvalue weighted by molar-refractivity contribution is 5.72. The Morgan fingerprint density at radius 3 is 3.07 bits per heavy atom. The minimum Gasteiger partial charge on any atom is -0.465 e. The normalized spacial score (nSPS) is 9.00. The molecule has 1 heterocycles. The van der Waals surface area contributed by atoms with Crippen LogP contribution in [0.4, 0.5) is 0 Å². The Kier molecular flexibility index (Phi) is 3.74. The van der Waals surface area contributed by atoms with Crippen molar-refractivity contribution in [2.75, 3.05) is 6.61 Å². The Labute approximate surface area is 82.7 Å². The number of hydrogen-bond acceptors (Lipinski definition) is 3. The molecule has 0 aliphatic rings. The Hall–Kier alpha value is -1.76. The molecule has 0 saturated heterocycles. The van der Waals surface area contributed by atoms with Crippen LogP contribution in [0.2, 0.25) is 0 Å². The zero-order valence-corrected chi connectivity index (χ0v) is 8.26. The molecule has 0 aliphatic heterocycles. The van der Waals surface area contributed by atoms with Gasteiger partial charge in [0.2, 0.25) is 0 Å². The molecule has 14 heavy (non-hydrogen) atoms. The Morgan fingerprint density at radius 2 is 2.50 bits per heavy atom. The molecular weight excluding hydrogens is 180 g/mol. The van der Waals surface area contributed by atoms with Crippen molar-refractivity contribution >= 4 is 5.97 Å². The molecule has 4 heteroatoms. The van der Waals surface area contributed by atoms with Gasteiger partial charge in [0.25, 0.3) is 0 Å². The number of esters is 1. The van der Waals surface area contributed by atoms with Crippen molar-refractivity contribution in [1.82, 2.24) is 9.97 Å². The van der Waals surface area contributed by atoms with E-state index in [1.54, 1.807) is 13.1 Å². The van der Waals surface area contributed by atoms with Crippen LogP contribution in [-0.4, -0.2) is 22.5 Å². The summed E-state index contributed by atoms with van der Waals surface area (Å²) in [6, 6.07) is 0. The predicted molar refractivity (Wildman–Crippen MR) is 51.5 cm³/mol. The smallest absolute Gasteiger partial charge is 0.317 e. The zero-order chi connectivity index (χ0) is 10.4. The van der Waals surface area contributed by atoms with Crippen LogP contribution in [0.15, 0.2) is 6.20 Å². The number of ether oxygens (including phenoxy) is 1. The van der Waals surface area contributed by atoms with E-state index in [9.17, 15) is 4.79 Å². The first kappa shape index (κ1) is 10.3. The molecule has 1 rings (SSSR count). The van der Waals surface area contributed by atoms with Crippen LogP contribution in [-0.2, 0) is 9.53 Å². The molecule has 1 aromatic heterocycles. The largest absolute Gasteiger partial charge is 0.465 e. The molecule has 0 aromatic carbocycles. The van der Waals surface area contributed by atoms with Crippen LogP contribution in [0.25, 0.3) is 0 Å². The molecule has 0 aliphatic carbocycles. The molecule has 0 fully saturated rings. The van der Waals surface area contributed by atoms with Gasteiger partial charge in [-0.05, 0) is 19.8 Å². The van der Waals surface area contributed by atoms with Gasteiger partial charge in [-0.25, -0.2) is 4.98 Å². The zero-order valence-electron chi connectivity index (χ0n) is 8.26. The first-order valence-corrected chi connectivity index (χ1v) is 4.38. The summed E-state index contributed by atoms with van der Waals surface area (Å²) in [5, 5.41) is 0. The summed E-state index contributed by atoms with van der Waals surface area (Å²) in [6.45, 7) is 4.00. The van der Waals surface area contributed by atoms with Gasteiger partial charge in [-0.1, -0.05) is 5.92 Å². The van der Waals surface area contributed by atoms with E-state index in [1.807, 2.05) is 6.92 Å². The minimum absolute atomic E-state index is 0.117. The van der Waals surface area contributed by atoms with E-state index < -0.39 is 0 Å². The van der Waals surface area contributed by atoms with Crippen molar-refractivity contribution in [3.05, 3.63) is 17.7 Å². The van der Waals surface area contributed by atoms with E-state index in [-0.39, 0.29) is 12.4 Å². The maximum Gasteiger partial charge on any atom is 0.317 e. The summed E-state index contributed by atoms with van der Waals surface area (Å²) in [7, 11) is 0. The third kappa shape index (κ3) is 3.31. The van der Waals surface area contributed by atoms with Crippen molar-refractivity contribution < 1.29 is 9.53 Å². The monoisotopic (exact) mass is 192 g/mol. The number of carbonyl (C=O) groups excluding carboxylic acids is 1. The minimum atomic E-state index is -0.295. The first-order chi connectivity index (χ1) is 6.72. The number of hydrogen-bond donors (Lipinski definition) is 1. The third-order valence-corrected chi connectivity index (χ3v) is 1.46. The number of aromatic amines is 1. The third-order valence-electron chi connectivity index (χ3n) is 1.46. The molecule has 0 radical (unpaired) electrons. The highest BCUT2D eigenvalue weighted by atomic mass is 16.5. The quantitative estimate of drug-likeness (QED) is 0.562. The number of aryl methyl sites for hydroxylation is 1. The van der Waals surface area contributed by atoms with Gasteiger partial charge in [0.1, 0.15) is 17.9 Å². The Bertz CT molecular complexity index is 371. The first-order valence-electron chi connectivity index (χ1n) is 4.38. The number of carbonyl (C=O) groups is 1. The maximum atomic E-state index is 10.9. The summed E-state index contributed by atoms with van der Waals surface area (Å²) < 4.78 is 4.72. The van der Waals surface area contributed by atoms with Crippen LogP contribution in [0, 0.1) is 18.8 Å². The van der Waals surface area contributed by atoms with Gasteiger partial charge in [0.15, 0.2) is 0 Å². The van der Waals surface area contributed by atoms with E-state index in [1.165, 1.54) is 0 Å². The average Bonchev–Trinajstić information content (AvgIpc) is 2.52. The highest BCUT2D eigenvalue weighted by Crippen LogP contribution is 1.92. The van der Waals surface area contributed by atoms with E-state index in [2.05, 4.69) is 21.8 Å². The second kappa shape index (κ2) is 5.07. The fraction of sp³-hybridized carbons (Fsp3) is 0.400. The van der Waals surface area contributed by atoms with E-state index >= 15 is 0 Å². The van der Waals surface area contributed by atoms with Gasteiger partial charge < -0.3 is 9.72 Å². The average molecular weight is 192 g/mol. The molecule has 74 valence electrons. The van der Waals surface area contributed by atoms with Crippen LogP contribution in [0.5, 0.6) is 0 Å². The van der Waals surface area contributed by atoms with E-state index in [4.69, 9.17) is 4.74 Å². The number of nitrogens with zero attached hydrogens (tertiary/aromatic N) is 1. The summed E-state index contributed by atoms with van der Waals surface area (Å²) in [5.41, 5.74) is 0.715. The van der Waals surface area contributed by atoms with Gasteiger partial charge in [-0.15, -0.1) is 0 Å². The lowest BCUT2D eigenvalue weighted by atomic mass is 10.4. The summed E-state index contributed by atoms with van der Waals surface area (Å²) >= 11 is 0. The summed E-state index contributed by atoms with van der Waals surface area (Å²) in [5.74, 6) is 6.01. The van der Waals surface area contributed by atoms with Crippen LogP contribution in [0.3, 0.4) is 0 Å². The fourth-order valence-electron chi connectivity index (χ4n) is 0.908. The lowest BCUT2D eigenvalue weighted by molar-refractivity contribution is -0.141. The molecule has 0 unspecified atom stereocenters. The topological polar surface area (TPSA) is 55.0 Å². The predicted octanol–water partition coefficient (Wildman–Crippen LogP) is 1.02. The number of imidazole rings is 1. The Balaban J connectivity index is 2.44.